The Labute approximate surface area is 115 Å². The molecule has 0 heterocycles. The summed E-state index contributed by atoms with van der Waals surface area (Å²) in [7, 11) is 3.23. The molecule has 0 bridgehead atoms. The highest BCUT2D eigenvalue weighted by Gasteiger charge is 2.29. The summed E-state index contributed by atoms with van der Waals surface area (Å²) in [5, 5.41) is 2.94. The number of rotatable bonds is 5. The molecule has 0 saturated heterocycles. The van der Waals surface area contributed by atoms with Gasteiger partial charge in [-0.2, -0.15) is 0 Å². The molecule has 1 atom stereocenters. The van der Waals surface area contributed by atoms with E-state index in [0.717, 1.165) is 5.56 Å². The number of hydrogen-bond donors (Lipinski definition) is 1. The maximum absolute atomic E-state index is 11.2. The Morgan fingerprint density at radius 2 is 1.79 bits per heavy atom. The van der Waals surface area contributed by atoms with Crippen molar-refractivity contribution in [3.05, 3.63) is 23.8 Å². The van der Waals surface area contributed by atoms with Gasteiger partial charge in [0.25, 0.3) is 0 Å². The van der Waals surface area contributed by atoms with Crippen LogP contribution in [0.15, 0.2) is 18.2 Å². The summed E-state index contributed by atoms with van der Waals surface area (Å²) < 4.78 is 10.6. The second kappa shape index (κ2) is 5.95. The lowest BCUT2D eigenvalue weighted by Gasteiger charge is -2.33. The molecular weight excluding hydrogens is 242 g/mol. The summed E-state index contributed by atoms with van der Waals surface area (Å²) in [6, 6.07) is 5.86. The van der Waals surface area contributed by atoms with Crippen LogP contribution in [0.2, 0.25) is 0 Å². The zero-order chi connectivity index (χ0) is 14.6. The van der Waals surface area contributed by atoms with Crippen molar-refractivity contribution in [1.82, 2.24) is 5.32 Å². The summed E-state index contributed by atoms with van der Waals surface area (Å²) in [6.45, 7) is 7.71. The Morgan fingerprint density at radius 1 is 1.21 bits per heavy atom. The number of ether oxygens (including phenoxy) is 2. The van der Waals surface area contributed by atoms with E-state index in [-0.39, 0.29) is 17.4 Å². The fourth-order valence-corrected chi connectivity index (χ4v) is 1.97. The number of benzene rings is 1. The van der Waals surface area contributed by atoms with Crippen LogP contribution in [0.25, 0.3) is 0 Å². The third-order valence-corrected chi connectivity index (χ3v) is 3.63. The molecule has 106 valence electrons. The molecule has 0 saturated carbocycles. The van der Waals surface area contributed by atoms with Crippen molar-refractivity contribution < 1.29 is 14.3 Å². The lowest BCUT2D eigenvalue weighted by molar-refractivity contribution is -0.119. The second-order valence-electron chi connectivity index (χ2n) is 5.21. The van der Waals surface area contributed by atoms with Crippen molar-refractivity contribution in [3.8, 4) is 11.5 Å². The van der Waals surface area contributed by atoms with Gasteiger partial charge in [-0.05, 0) is 24.6 Å². The molecule has 4 nitrogen and oxygen atoms in total. The monoisotopic (exact) mass is 265 g/mol. The van der Waals surface area contributed by atoms with Crippen molar-refractivity contribution in [3.63, 3.8) is 0 Å². The highest BCUT2D eigenvalue weighted by Crippen LogP contribution is 2.34. The van der Waals surface area contributed by atoms with Crippen molar-refractivity contribution in [2.24, 2.45) is 0 Å². The maximum atomic E-state index is 11.2. The molecule has 0 aliphatic heterocycles. The van der Waals surface area contributed by atoms with Gasteiger partial charge in [-0.15, -0.1) is 0 Å². The third-order valence-electron chi connectivity index (χ3n) is 3.63. The van der Waals surface area contributed by atoms with Crippen LogP contribution in [-0.4, -0.2) is 26.2 Å². The second-order valence-corrected chi connectivity index (χ2v) is 5.21. The Morgan fingerprint density at radius 3 is 2.26 bits per heavy atom. The molecule has 1 rings (SSSR count). The standard InChI is InChI=1S/C15H23NO3/c1-10(16-11(2)17)15(3,4)12-7-8-13(18-5)14(9-12)19-6/h7-10H,1-6H3,(H,16,17)/t10-/m1/s1. The van der Waals surface area contributed by atoms with Gasteiger partial charge >= 0.3 is 0 Å². The van der Waals surface area contributed by atoms with E-state index in [9.17, 15) is 4.79 Å². The molecule has 19 heavy (non-hydrogen) atoms. The molecule has 0 aromatic heterocycles. The predicted octanol–water partition coefficient (Wildman–Crippen LogP) is 2.51. The number of hydrogen-bond acceptors (Lipinski definition) is 3. The molecule has 0 radical (unpaired) electrons. The predicted molar refractivity (Wildman–Crippen MR) is 75.9 cm³/mol. The normalized spacial score (nSPS) is 12.7. The van der Waals surface area contributed by atoms with Crippen LogP contribution in [0.3, 0.4) is 0 Å². The molecule has 0 aliphatic rings. The van der Waals surface area contributed by atoms with Crippen LogP contribution in [0.1, 0.15) is 33.3 Å². The van der Waals surface area contributed by atoms with Gasteiger partial charge in [0, 0.05) is 18.4 Å². The van der Waals surface area contributed by atoms with E-state index in [1.54, 1.807) is 14.2 Å². The first-order chi connectivity index (χ1) is 8.82. The van der Waals surface area contributed by atoms with Gasteiger partial charge in [0.1, 0.15) is 0 Å². The van der Waals surface area contributed by atoms with Gasteiger partial charge < -0.3 is 14.8 Å². The van der Waals surface area contributed by atoms with E-state index < -0.39 is 0 Å². The van der Waals surface area contributed by atoms with E-state index in [4.69, 9.17) is 9.47 Å². The average Bonchev–Trinajstić information content (AvgIpc) is 2.36. The number of carbonyl (C=O) groups is 1. The molecule has 0 spiro atoms. The largest absolute Gasteiger partial charge is 0.493 e. The van der Waals surface area contributed by atoms with E-state index in [0.29, 0.717) is 11.5 Å². The highest BCUT2D eigenvalue weighted by molar-refractivity contribution is 5.73. The molecule has 1 N–H and O–H groups in total. The zero-order valence-electron chi connectivity index (χ0n) is 12.5. The quantitative estimate of drug-likeness (QED) is 0.890. The van der Waals surface area contributed by atoms with Gasteiger partial charge in [0.15, 0.2) is 11.5 Å². The first-order valence-electron chi connectivity index (χ1n) is 6.32. The van der Waals surface area contributed by atoms with Gasteiger partial charge in [-0.3, -0.25) is 4.79 Å². The number of methoxy groups -OCH3 is 2. The number of amides is 1. The third kappa shape index (κ3) is 3.40. The zero-order valence-corrected chi connectivity index (χ0v) is 12.5. The minimum atomic E-state index is -0.203. The van der Waals surface area contributed by atoms with Crippen LogP contribution in [0.5, 0.6) is 11.5 Å². The van der Waals surface area contributed by atoms with Crippen LogP contribution in [0.4, 0.5) is 0 Å². The maximum Gasteiger partial charge on any atom is 0.217 e. The van der Waals surface area contributed by atoms with Gasteiger partial charge in [-0.25, -0.2) is 0 Å². The Balaban J connectivity index is 3.10. The smallest absolute Gasteiger partial charge is 0.217 e. The molecule has 1 amide bonds. The minimum absolute atomic E-state index is 0.0168. The number of carbonyl (C=O) groups excluding carboxylic acids is 1. The molecular formula is C15H23NO3. The van der Waals surface area contributed by atoms with E-state index in [1.807, 2.05) is 25.1 Å². The van der Waals surface area contributed by atoms with Gasteiger partial charge in [0.05, 0.1) is 14.2 Å². The first kappa shape index (κ1) is 15.3. The topological polar surface area (TPSA) is 47.6 Å². The van der Waals surface area contributed by atoms with Crippen molar-refractivity contribution >= 4 is 5.91 Å². The lowest BCUT2D eigenvalue weighted by Crippen LogP contribution is -2.44. The summed E-state index contributed by atoms with van der Waals surface area (Å²) >= 11 is 0. The fourth-order valence-electron chi connectivity index (χ4n) is 1.97. The number of nitrogens with one attached hydrogen (secondary N) is 1. The van der Waals surface area contributed by atoms with Crippen LogP contribution >= 0.6 is 0 Å². The Bertz CT molecular complexity index is 455. The Kier molecular flexibility index (Phi) is 4.81. The van der Waals surface area contributed by atoms with Crippen LogP contribution in [-0.2, 0) is 10.2 Å². The lowest BCUT2D eigenvalue weighted by atomic mass is 9.78. The van der Waals surface area contributed by atoms with E-state index >= 15 is 0 Å². The van der Waals surface area contributed by atoms with Gasteiger partial charge in [-0.1, -0.05) is 19.9 Å². The molecule has 0 aliphatic carbocycles. The first-order valence-corrected chi connectivity index (χ1v) is 6.32. The minimum Gasteiger partial charge on any atom is -0.493 e. The molecule has 1 aromatic rings. The fraction of sp³-hybridized carbons (Fsp3) is 0.533. The van der Waals surface area contributed by atoms with E-state index in [2.05, 4.69) is 19.2 Å². The van der Waals surface area contributed by atoms with Gasteiger partial charge in [0.2, 0.25) is 5.91 Å². The summed E-state index contributed by atoms with van der Waals surface area (Å²) in [5.74, 6) is 1.37. The van der Waals surface area contributed by atoms with Crippen LogP contribution in [0, 0.1) is 0 Å². The van der Waals surface area contributed by atoms with E-state index in [1.165, 1.54) is 6.92 Å². The van der Waals surface area contributed by atoms with Crippen molar-refractivity contribution in [2.75, 3.05) is 14.2 Å². The average molecular weight is 265 g/mol. The molecule has 4 heteroatoms. The Hall–Kier alpha value is -1.71. The molecule has 1 aromatic carbocycles. The summed E-state index contributed by atoms with van der Waals surface area (Å²) in [6.07, 6.45) is 0. The van der Waals surface area contributed by atoms with Crippen LogP contribution < -0.4 is 14.8 Å². The van der Waals surface area contributed by atoms with Crippen molar-refractivity contribution in [2.45, 2.75) is 39.2 Å². The summed E-state index contributed by atoms with van der Waals surface area (Å²) in [5.41, 5.74) is 0.886. The molecule has 0 fully saturated rings. The molecule has 0 unspecified atom stereocenters. The SMILES string of the molecule is COc1ccc(C(C)(C)[C@@H](C)NC(C)=O)cc1OC. The summed E-state index contributed by atoms with van der Waals surface area (Å²) in [4.78, 5) is 11.2. The highest BCUT2D eigenvalue weighted by atomic mass is 16.5. The van der Waals surface area contributed by atoms with Crippen molar-refractivity contribution in [1.29, 1.82) is 0 Å².